The fraction of sp³-hybridized carbons (Fsp3) is 0.405. The minimum Gasteiger partial charge on any atom is -0.493 e. The molecule has 1 amide bonds. The lowest BCUT2D eigenvalue weighted by Crippen LogP contribution is -2.46. The van der Waals surface area contributed by atoms with Gasteiger partial charge in [0, 0.05) is 62.1 Å². The number of H-pyrrole nitrogens is 1. The van der Waals surface area contributed by atoms with Crippen LogP contribution in [0, 0.1) is 13.8 Å². The Balaban J connectivity index is 1.07. The minimum atomic E-state index is -0.146. The third-order valence-corrected chi connectivity index (χ3v) is 11.3. The molecule has 0 radical (unpaired) electrons. The number of anilines is 1. The van der Waals surface area contributed by atoms with Gasteiger partial charge >= 0.3 is 0 Å². The number of nitrogens with one attached hydrogen (secondary N) is 1. The second-order valence-electron chi connectivity index (χ2n) is 14.4. The number of methoxy groups -OCH3 is 3. The van der Waals surface area contributed by atoms with E-state index in [0.29, 0.717) is 41.9 Å². The molecule has 2 aliphatic heterocycles. The maximum absolute atomic E-state index is 14.1. The molecule has 2 saturated heterocycles. The topological polar surface area (TPSA) is 96.1 Å². The van der Waals surface area contributed by atoms with Crippen molar-refractivity contribution in [3.63, 3.8) is 0 Å². The number of imidazole rings is 1. The zero-order valence-corrected chi connectivity index (χ0v) is 31.0. The summed E-state index contributed by atoms with van der Waals surface area (Å²) in [6.45, 7) is 9.46. The van der Waals surface area contributed by atoms with E-state index >= 15 is 0 Å². The number of amides is 1. The first-order valence-corrected chi connectivity index (χ1v) is 18.3. The van der Waals surface area contributed by atoms with Crippen molar-refractivity contribution in [3.05, 3.63) is 107 Å². The number of piperidine rings is 1. The monoisotopic (exact) mass is 702 g/mol. The van der Waals surface area contributed by atoms with E-state index in [1.807, 2.05) is 29.4 Å². The average Bonchev–Trinajstić information content (AvgIpc) is 3.83. The molecule has 1 atom stereocenters. The molecule has 1 unspecified atom stereocenters. The van der Waals surface area contributed by atoms with Crippen LogP contribution in [-0.4, -0.2) is 90.8 Å². The summed E-state index contributed by atoms with van der Waals surface area (Å²) in [4.78, 5) is 34.0. The molecule has 2 aliphatic rings. The number of ether oxygens (including phenoxy) is 3. The third-order valence-electron chi connectivity index (χ3n) is 11.3. The molecular formula is C42H50N6O4. The largest absolute Gasteiger partial charge is 0.493 e. The van der Waals surface area contributed by atoms with Gasteiger partial charge in [0.25, 0.3) is 5.91 Å². The molecule has 3 aromatic carbocycles. The first-order chi connectivity index (χ1) is 25.3. The maximum atomic E-state index is 14.1. The molecule has 272 valence electrons. The highest BCUT2D eigenvalue weighted by molar-refractivity contribution is 5.96. The molecule has 7 rings (SSSR count). The number of rotatable bonds is 12. The molecule has 5 aromatic rings. The molecule has 0 saturated carbocycles. The Morgan fingerprint density at radius 1 is 0.904 bits per heavy atom. The Bertz CT molecular complexity index is 1950. The number of carbonyl (C=O) groups excluding carboxylic acids is 1. The summed E-state index contributed by atoms with van der Waals surface area (Å²) in [6.07, 6.45) is 7.71. The normalized spacial score (nSPS) is 18.1. The summed E-state index contributed by atoms with van der Waals surface area (Å²) in [7, 11) is 4.72. The number of fused-ring (bicyclic) bond motifs is 1. The molecule has 0 spiro atoms. The number of aromatic nitrogens is 3. The van der Waals surface area contributed by atoms with Crippen molar-refractivity contribution in [2.24, 2.45) is 0 Å². The fourth-order valence-corrected chi connectivity index (χ4v) is 8.05. The maximum Gasteiger partial charge on any atom is 0.254 e. The summed E-state index contributed by atoms with van der Waals surface area (Å²) in [6, 6.07) is 23.2. The summed E-state index contributed by atoms with van der Waals surface area (Å²) < 4.78 is 16.7. The molecule has 52 heavy (non-hydrogen) atoms. The van der Waals surface area contributed by atoms with Crippen LogP contribution in [0.1, 0.15) is 58.3 Å². The average molecular weight is 703 g/mol. The van der Waals surface area contributed by atoms with Crippen LogP contribution in [0.2, 0.25) is 0 Å². The van der Waals surface area contributed by atoms with Crippen LogP contribution < -0.4 is 19.1 Å². The Morgan fingerprint density at radius 3 is 2.31 bits per heavy atom. The van der Waals surface area contributed by atoms with E-state index in [1.54, 1.807) is 33.5 Å². The second-order valence-corrected chi connectivity index (χ2v) is 14.4. The van der Waals surface area contributed by atoms with E-state index in [-0.39, 0.29) is 11.3 Å². The highest BCUT2D eigenvalue weighted by atomic mass is 16.5. The predicted molar refractivity (Wildman–Crippen MR) is 205 cm³/mol. The van der Waals surface area contributed by atoms with E-state index in [2.05, 4.69) is 76.1 Å². The molecule has 2 fully saturated rings. The molecular weight excluding hydrogens is 653 g/mol. The van der Waals surface area contributed by atoms with E-state index in [4.69, 9.17) is 19.2 Å². The van der Waals surface area contributed by atoms with Crippen LogP contribution in [-0.2, 0) is 12.0 Å². The van der Waals surface area contributed by atoms with Gasteiger partial charge in [-0.2, -0.15) is 0 Å². The molecule has 1 N–H and O–H groups in total. The standard InChI is InChI=1S/C42H50N6O4/c1-29-10-11-33(24-30(29)2)42(17-23-47(28-42)40(49)32-25-37(50-3)39(52-5)38(26-32)51-4)16-22-46-20-14-34(15-21-46)48(27-31-12-18-43-19-13-31)41-44-35-8-6-7-9-36(35)45-41/h6-13,18-19,24-26,34H,14-17,20-23,27-28H2,1-5H3,(H,44,45). The van der Waals surface area contributed by atoms with Crippen molar-refractivity contribution in [1.82, 2.24) is 24.8 Å². The number of benzene rings is 3. The fourth-order valence-electron chi connectivity index (χ4n) is 8.05. The Kier molecular flexibility index (Phi) is 10.4. The first-order valence-electron chi connectivity index (χ1n) is 18.3. The van der Waals surface area contributed by atoms with Crippen LogP contribution in [0.5, 0.6) is 17.2 Å². The van der Waals surface area contributed by atoms with Gasteiger partial charge in [0.05, 0.1) is 32.4 Å². The number of aromatic amines is 1. The molecule has 2 aromatic heterocycles. The van der Waals surface area contributed by atoms with Gasteiger partial charge < -0.3 is 33.9 Å². The van der Waals surface area contributed by atoms with Crippen molar-refractivity contribution in [2.45, 2.75) is 57.5 Å². The zero-order chi connectivity index (χ0) is 36.2. The minimum absolute atomic E-state index is 0.0225. The predicted octanol–water partition coefficient (Wildman–Crippen LogP) is 6.95. The van der Waals surface area contributed by atoms with Crippen molar-refractivity contribution < 1.29 is 19.0 Å². The van der Waals surface area contributed by atoms with Crippen molar-refractivity contribution >= 4 is 22.9 Å². The quantitative estimate of drug-likeness (QED) is 0.149. The van der Waals surface area contributed by atoms with Gasteiger partial charge in [-0.1, -0.05) is 30.3 Å². The van der Waals surface area contributed by atoms with E-state index in [0.717, 1.165) is 68.8 Å². The van der Waals surface area contributed by atoms with E-state index in [1.165, 1.54) is 22.3 Å². The number of carbonyl (C=O) groups is 1. The Hall–Kier alpha value is -5.09. The van der Waals surface area contributed by atoms with Crippen molar-refractivity contribution in [3.8, 4) is 17.2 Å². The van der Waals surface area contributed by atoms with Crippen LogP contribution in [0.25, 0.3) is 11.0 Å². The van der Waals surface area contributed by atoms with Crippen LogP contribution in [0.15, 0.2) is 79.1 Å². The third kappa shape index (κ3) is 7.17. The number of hydrogen-bond donors (Lipinski definition) is 1. The lowest BCUT2D eigenvalue weighted by Gasteiger charge is -2.40. The number of para-hydroxylation sites is 2. The number of nitrogens with zero attached hydrogens (tertiary/aromatic N) is 5. The van der Waals surface area contributed by atoms with Gasteiger partial charge in [0.2, 0.25) is 11.7 Å². The number of pyridine rings is 1. The lowest BCUT2D eigenvalue weighted by atomic mass is 9.75. The highest BCUT2D eigenvalue weighted by Crippen LogP contribution is 2.42. The van der Waals surface area contributed by atoms with Crippen LogP contribution in [0.3, 0.4) is 0 Å². The van der Waals surface area contributed by atoms with Crippen molar-refractivity contribution in [2.75, 3.05) is 59.0 Å². The molecule has 10 nitrogen and oxygen atoms in total. The highest BCUT2D eigenvalue weighted by Gasteiger charge is 2.42. The molecule has 0 bridgehead atoms. The molecule has 4 heterocycles. The van der Waals surface area contributed by atoms with Gasteiger partial charge in [-0.3, -0.25) is 9.78 Å². The molecule has 0 aliphatic carbocycles. The Morgan fingerprint density at radius 2 is 1.63 bits per heavy atom. The van der Waals surface area contributed by atoms with E-state index < -0.39 is 0 Å². The first kappa shape index (κ1) is 35.3. The summed E-state index contributed by atoms with van der Waals surface area (Å²) in [5.41, 5.74) is 7.54. The number of hydrogen-bond acceptors (Lipinski definition) is 8. The van der Waals surface area contributed by atoms with Crippen molar-refractivity contribution in [1.29, 1.82) is 0 Å². The Labute approximate surface area is 306 Å². The van der Waals surface area contributed by atoms with Crippen LogP contribution in [0.4, 0.5) is 5.95 Å². The van der Waals surface area contributed by atoms with Gasteiger partial charge in [-0.05, 0) is 105 Å². The van der Waals surface area contributed by atoms with Gasteiger partial charge in [-0.15, -0.1) is 0 Å². The zero-order valence-electron chi connectivity index (χ0n) is 31.0. The van der Waals surface area contributed by atoms with E-state index in [9.17, 15) is 4.79 Å². The molecule has 10 heteroatoms. The van der Waals surface area contributed by atoms with Gasteiger partial charge in [-0.25, -0.2) is 4.98 Å². The number of likely N-dealkylation sites (tertiary alicyclic amines) is 2. The van der Waals surface area contributed by atoms with Gasteiger partial charge in [0.1, 0.15) is 0 Å². The second kappa shape index (κ2) is 15.3. The summed E-state index contributed by atoms with van der Waals surface area (Å²) >= 11 is 0. The number of aryl methyl sites for hydroxylation is 2. The van der Waals surface area contributed by atoms with Gasteiger partial charge in [0.15, 0.2) is 11.5 Å². The lowest BCUT2D eigenvalue weighted by molar-refractivity contribution is 0.0779. The smallest absolute Gasteiger partial charge is 0.254 e. The summed E-state index contributed by atoms with van der Waals surface area (Å²) in [5, 5.41) is 0. The van der Waals surface area contributed by atoms with Crippen LogP contribution >= 0.6 is 0 Å². The SMILES string of the molecule is COc1cc(C(=O)N2CCC(CCN3CCC(N(Cc4ccncc4)c4nc5ccccc5[nH]4)CC3)(c3ccc(C)c(C)c3)C2)cc(OC)c1OC. The summed E-state index contributed by atoms with van der Waals surface area (Å²) in [5.74, 6) is 2.34.